The number of carbonyl (C=O) groups is 1. The van der Waals surface area contributed by atoms with Crippen molar-refractivity contribution >= 4 is 5.91 Å². The van der Waals surface area contributed by atoms with Gasteiger partial charge in [-0.25, -0.2) is 18.2 Å². The third kappa shape index (κ3) is 6.86. The minimum absolute atomic E-state index is 0.0926. The number of carbonyl (C=O) groups excluding carboxylic acids is 1. The van der Waals surface area contributed by atoms with Crippen molar-refractivity contribution in [1.82, 2.24) is 15.3 Å². The summed E-state index contributed by atoms with van der Waals surface area (Å²) < 4.78 is 88.4. The summed E-state index contributed by atoms with van der Waals surface area (Å²) in [6.07, 6.45) is -3.10. The number of nitrogens with zero attached hydrogens (tertiary/aromatic N) is 1. The topological polar surface area (TPSA) is 84.1 Å². The van der Waals surface area contributed by atoms with E-state index in [0.29, 0.717) is 37.3 Å². The normalized spacial score (nSPS) is 17.7. The number of halogens is 6. The molecule has 1 saturated carbocycles. The molecule has 0 spiro atoms. The Balaban J connectivity index is 1.38. The Kier molecular flexibility index (Phi) is 8.43. The number of aryl methyl sites for hydroxylation is 1. The molecule has 1 aromatic heterocycles. The number of nitrogens with one attached hydrogen (secondary N) is 2. The molecular weight excluding hydrogens is 528 g/mol. The van der Waals surface area contributed by atoms with E-state index in [0.717, 1.165) is 24.3 Å². The number of amides is 1. The summed E-state index contributed by atoms with van der Waals surface area (Å²) in [5.41, 5.74) is -2.52. The first kappa shape index (κ1) is 28.3. The van der Waals surface area contributed by atoms with Crippen LogP contribution in [0.4, 0.5) is 26.3 Å². The first-order chi connectivity index (χ1) is 18.4. The van der Waals surface area contributed by atoms with Gasteiger partial charge in [0, 0.05) is 29.8 Å². The number of H-pyrrole nitrogens is 1. The zero-order chi connectivity index (χ0) is 28.3. The largest absolute Gasteiger partial charge is 0.417 e. The van der Waals surface area contributed by atoms with Crippen LogP contribution in [-0.2, 0) is 28.9 Å². The third-order valence-corrected chi connectivity index (χ3v) is 6.60. The zero-order valence-electron chi connectivity index (χ0n) is 20.8. The van der Waals surface area contributed by atoms with Gasteiger partial charge >= 0.3 is 6.18 Å². The van der Waals surface area contributed by atoms with E-state index in [1.54, 1.807) is 0 Å². The SMILES string of the molecule is Cc1cc(=O)[nH]c(-c2c(C(F)(F)F)ccc(CNC(=O)[C@H]3CC[C@H](OCc4ccc(F)c(F)c4)CC3)c2F)n1. The van der Waals surface area contributed by atoms with Gasteiger partial charge in [-0.2, -0.15) is 13.2 Å². The molecular formula is C27H25F6N3O3. The summed E-state index contributed by atoms with van der Waals surface area (Å²) >= 11 is 0. The predicted molar refractivity (Wildman–Crippen MR) is 129 cm³/mol. The average Bonchev–Trinajstić information content (AvgIpc) is 2.87. The first-order valence-electron chi connectivity index (χ1n) is 12.2. The van der Waals surface area contributed by atoms with E-state index >= 15 is 4.39 Å². The van der Waals surface area contributed by atoms with Crippen molar-refractivity contribution in [3.05, 3.63) is 86.6 Å². The summed E-state index contributed by atoms with van der Waals surface area (Å²) in [4.78, 5) is 30.5. The van der Waals surface area contributed by atoms with Crippen LogP contribution in [0.1, 0.15) is 48.1 Å². The van der Waals surface area contributed by atoms with Crippen molar-refractivity contribution in [1.29, 1.82) is 0 Å². The summed E-state index contributed by atoms with van der Waals surface area (Å²) in [6, 6.07) is 6.22. The average molecular weight is 554 g/mol. The van der Waals surface area contributed by atoms with Gasteiger partial charge in [0.1, 0.15) is 11.6 Å². The van der Waals surface area contributed by atoms with E-state index in [1.807, 2.05) is 0 Å². The molecule has 6 nitrogen and oxygen atoms in total. The van der Waals surface area contributed by atoms with E-state index in [2.05, 4.69) is 15.3 Å². The molecule has 12 heteroatoms. The minimum atomic E-state index is -4.91. The Labute approximate surface area is 219 Å². The maximum atomic E-state index is 15.4. The van der Waals surface area contributed by atoms with E-state index in [-0.39, 0.29) is 36.4 Å². The highest BCUT2D eigenvalue weighted by Crippen LogP contribution is 2.38. The molecule has 1 amide bonds. The molecule has 208 valence electrons. The Hall–Kier alpha value is -3.67. The lowest BCUT2D eigenvalue weighted by Crippen LogP contribution is -2.34. The second-order valence-corrected chi connectivity index (χ2v) is 9.45. The molecule has 1 aliphatic rings. The van der Waals surface area contributed by atoms with Crippen LogP contribution in [0.2, 0.25) is 0 Å². The molecule has 1 heterocycles. The first-order valence-corrected chi connectivity index (χ1v) is 12.2. The van der Waals surface area contributed by atoms with Crippen LogP contribution < -0.4 is 10.9 Å². The van der Waals surface area contributed by atoms with Crippen molar-refractivity contribution in [3.8, 4) is 11.4 Å². The Bertz CT molecular complexity index is 1410. The molecule has 2 N–H and O–H groups in total. The third-order valence-electron chi connectivity index (χ3n) is 6.60. The zero-order valence-corrected chi connectivity index (χ0v) is 20.8. The van der Waals surface area contributed by atoms with Gasteiger partial charge in [-0.05, 0) is 56.4 Å². The highest BCUT2D eigenvalue weighted by molar-refractivity contribution is 5.78. The number of ether oxygens (including phenoxy) is 1. The molecule has 2 aromatic carbocycles. The van der Waals surface area contributed by atoms with Crippen molar-refractivity contribution in [2.75, 3.05) is 0 Å². The van der Waals surface area contributed by atoms with Crippen LogP contribution in [0.15, 0.2) is 41.2 Å². The number of hydrogen-bond acceptors (Lipinski definition) is 4. The fraction of sp³-hybridized carbons (Fsp3) is 0.370. The fourth-order valence-electron chi connectivity index (χ4n) is 4.58. The van der Waals surface area contributed by atoms with Crippen LogP contribution in [0.25, 0.3) is 11.4 Å². The van der Waals surface area contributed by atoms with Crippen molar-refractivity contribution < 1.29 is 35.9 Å². The highest BCUT2D eigenvalue weighted by Gasteiger charge is 2.37. The summed E-state index contributed by atoms with van der Waals surface area (Å²) in [7, 11) is 0. The maximum Gasteiger partial charge on any atom is 0.417 e. The van der Waals surface area contributed by atoms with Crippen LogP contribution in [0.3, 0.4) is 0 Å². The van der Waals surface area contributed by atoms with E-state index in [4.69, 9.17) is 4.74 Å². The molecule has 0 bridgehead atoms. The predicted octanol–water partition coefficient (Wildman–Crippen LogP) is 5.57. The standard InChI is InChI=1S/C27H25F6N3O3/c1-14-10-22(37)36-25(35-14)23-19(27(31,32)33)8-5-17(24(23)30)12-34-26(38)16-3-6-18(7-4-16)39-13-15-2-9-20(28)21(29)11-15/h2,5,8-11,16,18H,3-4,6-7,12-13H2,1H3,(H,34,38)(H,35,36,37)/t16-,18-. The number of rotatable bonds is 7. The van der Waals surface area contributed by atoms with Gasteiger partial charge in [-0.1, -0.05) is 12.1 Å². The minimum Gasteiger partial charge on any atom is -0.374 e. The van der Waals surface area contributed by atoms with Gasteiger partial charge in [-0.15, -0.1) is 0 Å². The second kappa shape index (κ2) is 11.6. The van der Waals surface area contributed by atoms with Gasteiger partial charge < -0.3 is 15.0 Å². The monoisotopic (exact) mass is 553 g/mol. The van der Waals surface area contributed by atoms with Crippen molar-refractivity contribution in [2.24, 2.45) is 5.92 Å². The van der Waals surface area contributed by atoms with Crippen LogP contribution in [0, 0.1) is 30.3 Å². The van der Waals surface area contributed by atoms with Gasteiger partial charge in [0.15, 0.2) is 11.6 Å². The number of hydrogen-bond donors (Lipinski definition) is 2. The van der Waals surface area contributed by atoms with E-state index < -0.39 is 52.1 Å². The molecule has 0 radical (unpaired) electrons. The quantitative estimate of drug-likeness (QED) is 0.375. The molecule has 1 fully saturated rings. The Morgan fingerprint density at radius 2 is 1.77 bits per heavy atom. The summed E-state index contributed by atoms with van der Waals surface area (Å²) in [6.45, 7) is 1.13. The number of aromatic amines is 1. The molecule has 0 saturated heterocycles. The van der Waals surface area contributed by atoms with Gasteiger partial charge in [0.05, 0.1) is 23.8 Å². The summed E-state index contributed by atoms with van der Waals surface area (Å²) in [5.74, 6) is -4.49. The number of benzene rings is 2. The lowest BCUT2D eigenvalue weighted by molar-refractivity contribution is -0.137. The van der Waals surface area contributed by atoms with Gasteiger partial charge in [0.25, 0.3) is 5.56 Å². The van der Waals surface area contributed by atoms with E-state index in [9.17, 15) is 31.5 Å². The van der Waals surface area contributed by atoms with Crippen molar-refractivity contribution in [3.63, 3.8) is 0 Å². The Morgan fingerprint density at radius 3 is 2.41 bits per heavy atom. The molecule has 4 rings (SSSR count). The smallest absolute Gasteiger partial charge is 0.374 e. The highest BCUT2D eigenvalue weighted by atomic mass is 19.4. The molecule has 39 heavy (non-hydrogen) atoms. The second-order valence-electron chi connectivity index (χ2n) is 9.45. The Morgan fingerprint density at radius 1 is 1.05 bits per heavy atom. The van der Waals surface area contributed by atoms with Crippen LogP contribution >= 0.6 is 0 Å². The van der Waals surface area contributed by atoms with Crippen LogP contribution in [-0.4, -0.2) is 22.0 Å². The molecule has 0 unspecified atom stereocenters. The number of alkyl halides is 3. The lowest BCUT2D eigenvalue weighted by Gasteiger charge is -2.28. The molecule has 0 aliphatic heterocycles. The lowest BCUT2D eigenvalue weighted by atomic mass is 9.86. The summed E-state index contributed by atoms with van der Waals surface area (Å²) in [5, 5.41) is 2.58. The molecule has 3 aromatic rings. The van der Waals surface area contributed by atoms with Gasteiger partial charge in [-0.3, -0.25) is 9.59 Å². The van der Waals surface area contributed by atoms with E-state index in [1.165, 1.54) is 13.0 Å². The number of aromatic nitrogens is 2. The van der Waals surface area contributed by atoms with Crippen molar-refractivity contribution in [2.45, 2.75) is 58.0 Å². The molecule has 1 aliphatic carbocycles. The molecule has 0 atom stereocenters. The maximum absolute atomic E-state index is 15.4. The fourth-order valence-corrected chi connectivity index (χ4v) is 4.58. The van der Waals surface area contributed by atoms with Crippen LogP contribution in [0.5, 0.6) is 0 Å². The van der Waals surface area contributed by atoms with Gasteiger partial charge in [0.2, 0.25) is 5.91 Å².